The van der Waals surface area contributed by atoms with E-state index in [1.807, 2.05) is 0 Å². The highest BCUT2D eigenvalue weighted by molar-refractivity contribution is 7.59. The van der Waals surface area contributed by atoms with Gasteiger partial charge in [-0.05, 0) is 12.1 Å². The van der Waals surface area contributed by atoms with Crippen LogP contribution in [0.2, 0.25) is 0 Å². The van der Waals surface area contributed by atoms with Crippen LogP contribution in [0, 0.1) is 5.41 Å². The van der Waals surface area contributed by atoms with E-state index in [1.54, 1.807) is 18.2 Å². The van der Waals surface area contributed by atoms with Gasteiger partial charge >= 0.3 is 0 Å². The second-order valence-corrected chi connectivity index (χ2v) is 2.61. The van der Waals surface area contributed by atoms with Crippen molar-refractivity contribution in [2.75, 3.05) is 5.73 Å². The summed E-state index contributed by atoms with van der Waals surface area (Å²) in [5, 5.41) is 7.09. The van der Waals surface area contributed by atoms with Gasteiger partial charge in [-0.2, -0.15) is 4.90 Å². The molecule has 5 N–H and O–H groups in total. The van der Waals surface area contributed by atoms with E-state index in [0.29, 0.717) is 16.1 Å². The highest BCUT2D eigenvalue weighted by Crippen LogP contribution is 2.12. The third-order valence-corrected chi connectivity index (χ3v) is 1.68. The van der Waals surface area contributed by atoms with Gasteiger partial charge < -0.3 is 24.1 Å². The molecule has 0 bridgehead atoms. The Hall–Kier alpha value is -1.29. The summed E-state index contributed by atoms with van der Waals surface area (Å²) in [5.41, 5.74) is 11.9. The molecule has 11 heavy (non-hydrogen) atoms. The van der Waals surface area contributed by atoms with Crippen molar-refractivity contribution in [2.24, 2.45) is 5.73 Å². The van der Waals surface area contributed by atoms with Crippen LogP contribution in [0.15, 0.2) is 23.1 Å². The van der Waals surface area contributed by atoms with Gasteiger partial charge in [0.15, 0.2) is 0 Å². The van der Waals surface area contributed by atoms with Crippen molar-refractivity contribution in [1.29, 1.82) is 5.41 Å². The summed E-state index contributed by atoms with van der Waals surface area (Å²) in [6.07, 6.45) is 0. The monoisotopic (exact) mass is 166 g/mol. The van der Waals surface area contributed by atoms with Gasteiger partial charge in [-0.1, -0.05) is 6.07 Å². The number of hydrogen-bond donors (Lipinski definition) is 3. The number of anilines is 1. The van der Waals surface area contributed by atoms with Crippen molar-refractivity contribution >= 4 is 24.2 Å². The SMILES string of the molecule is N=C(N)c1ccc(N)c([S-])c1. The van der Waals surface area contributed by atoms with Crippen LogP contribution < -0.4 is 11.5 Å². The van der Waals surface area contributed by atoms with Crippen molar-refractivity contribution in [3.8, 4) is 0 Å². The largest absolute Gasteiger partial charge is 0.778 e. The smallest absolute Gasteiger partial charge is 0.122 e. The van der Waals surface area contributed by atoms with E-state index in [4.69, 9.17) is 29.5 Å². The quantitative estimate of drug-likeness (QED) is 0.245. The van der Waals surface area contributed by atoms with Gasteiger partial charge in [-0.15, -0.1) is 0 Å². The normalized spacial score (nSPS) is 9.45. The molecule has 3 nitrogen and oxygen atoms in total. The number of nitrogen functional groups attached to an aromatic ring is 2. The first-order chi connectivity index (χ1) is 5.11. The van der Waals surface area contributed by atoms with Crippen molar-refractivity contribution in [3.05, 3.63) is 23.8 Å². The van der Waals surface area contributed by atoms with Crippen LogP contribution in [-0.4, -0.2) is 5.84 Å². The Morgan fingerprint density at radius 2 is 2.09 bits per heavy atom. The topological polar surface area (TPSA) is 75.9 Å². The molecule has 0 radical (unpaired) electrons. The zero-order valence-electron chi connectivity index (χ0n) is 5.79. The first kappa shape index (κ1) is 7.81. The highest BCUT2D eigenvalue weighted by atomic mass is 32.1. The minimum atomic E-state index is 0.0103. The van der Waals surface area contributed by atoms with Crippen LogP contribution in [0.25, 0.3) is 0 Å². The van der Waals surface area contributed by atoms with Crippen molar-refractivity contribution in [3.63, 3.8) is 0 Å². The van der Waals surface area contributed by atoms with Crippen LogP contribution in [0.5, 0.6) is 0 Å². The highest BCUT2D eigenvalue weighted by Gasteiger charge is 1.94. The summed E-state index contributed by atoms with van der Waals surface area (Å²) in [6.45, 7) is 0. The maximum absolute atomic E-state index is 7.09. The van der Waals surface area contributed by atoms with Gasteiger partial charge in [0.25, 0.3) is 0 Å². The Morgan fingerprint density at radius 3 is 2.55 bits per heavy atom. The predicted octanol–water partition coefficient (Wildman–Crippen LogP) is 0.459. The third kappa shape index (κ3) is 1.59. The molecule has 0 unspecified atom stereocenters. The molecule has 4 heteroatoms. The fourth-order valence-corrected chi connectivity index (χ4v) is 0.897. The number of rotatable bonds is 1. The van der Waals surface area contributed by atoms with Crippen LogP contribution in [0.1, 0.15) is 5.56 Å². The number of amidine groups is 1. The summed E-state index contributed by atoms with van der Waals surface area (Å²) in [4.78, 5) is 0.540. The lowest BCUT2D eigenvalue weighted by molar-refractivity contribution is 1.38. The van der Waals surface area contributed by atoms with Gasteiger partial charge in [-0.3, -0.25) is 5.41 Å². The maximum atomic E-state index is 7.09. The van der Waals surface area contributed by atoms with Crippen LogP contribution in [-0.2, 0) is 12.6 Å². The van der Waals surface area contributed by atoms with Crippen LogP contribution in [0.4, 0.5) is 5.69 Å². The average Bonchev–Trinajstić information content (AvgIpc) is 1.94. The molecule has 1 rings (SSSR count). The molecule has 58 valence electrons. The summed E-state index contributed by atoms with van der Waals surface area (Å²) in [7, 11) is 0. The average molecular weight is 166 g/mol. The zero-order chi connectivity index (χ0) is 8.43. The van der Waals surface area contributed by atoms with Crippen LogP contribution >= 0.6 is 0 Å². The molecule has 1 aromatic rings. The summed E-state index contributed by atoms with van der Waals surface area (Å²) in [6, 6.07) is 4.94. The molecule has 0 aromatic heterocycles. The van der Waals surface area contributed by atoms with Crippen molar-refractivity contribution in [2.45, 2.75) is 4.90 Å². The fourth-order valence-electron chi connectivity index (χ4n) is 0.702. The first-order valence-corrected chi connectivity index (χ1v) is 3.43. The molecule has 0 aliphatic heterocycles. The molecule has 0 heterocycles. The molecule has 0 amide bonds. The summed E-state index contributed by atoms with van der Waals surface area (Å²) < 4.78 is 0. The Morgan fingerprint density at radius 1 is 1.45 bits per heavy atom. The molecular weight excluding hydrogens is 158 g/mol. The van der Waals surface area contributed by atoms with Gasteiger partial charge in [0, 0.05) is 11.3 Å². The molecule has 0 spiro atoms. The number of benzene rings is 1. The van der Waals surface area contributed by atoms with E-state index in [0.717, 1.165) is 0 Å². The molecule has 0 aliphatic carbocycles. The second kappa shape index (κ2) is 2.75. The summed E-state index contributed by atoms with van der Waals surface area (Å²) in [5.74, 6) is 0.0103. The lowest BCUT2D eigenvalue weighted by Gasteiger charge is -2.10. The van der Waals surface area contributed by atoms with E-state index in [-0.39, 0.29) is 5.84 Å². The minimum Gasteiger partial charge on any atom is -0.778 e. The number of nitrogens with two attached hydrogens (primary N) is 2. The maximum Gasteiger partial charge on any atom is 0.122 e. The summed E-state index contributed by atoms with van der Waals surface area (Å²) >= 11 is 4.88. The molecule has 0 saturated heterocycles. The standard InChI is InChI=1S/C7H9N3S/c8-5-2-1-4(7(9)10)3-6(5)11/h1-3,11H,8H2,(H3,9,10)/p-1. The third-order valence-electron chi connectivity index (χ3n) is 1.32. The molecular formula is C7H8N3S-. The Bertz CT molecular complexity index is 296. The Labute approximate surface area is 70.3 Å². The molecule has 1 aromatic carbocycles. The minimum absolute atomic E-state index is 0.0103. The zero-order valence-corrected chi connectivity index (χ0v) is 6.61. The van der Waals surface area contributed by atoms with E-state index < -0.39 is 0 Å². The van der Waals surface area contributed by atoms with Gasteiger partial charge in [0.2, 0.25) is 0 Å². The Kier molecular flexibility index (Phi) is 1.96. The van der Waals surface area contributed by atoms with Crippen LogP contribution in [0.3, 0.4) is 0 Å². The van der Waals surface area contributed by atoms with Gasteiger partial charge in [0.1, 0.15) is 5.84 Å². The lowest BCUT2D eigenvalue weighted by Crippen LogP contribution is -2.11. The van der Waals surface area contributed by atoms with E-state index in [1.165, 1.54) is 0 Å². The number of hydrogen-bond acceptors (Lipinski definition) is 3. The second-order valence-electron chi connectivity index (χ2n) is 2.17. The first-order valence-electron chi connectivity index (χ1n) is 3.02. The van der Waals surface area contributed by atoms with E-state index >= 15 is 0 Å². The van der Waals surface area contributed by atoms with Gasteiger partial charge in [-0.25, -0.2) is 0 Å². The van der Waals surface area contributed by atoms with Crippen molar-refractivity contribution < 1.29 is 0 Å². The van der Waals surface area contributed by atoms with E-state index in [9.17, 15) is 0 Å². The van der Waals surface area contributed by atoms with Crippen molar-refractivity contribution in [1.82, 2.24) is 0 Å². The molecule has 0 fully saturated rings. The molecule has 0 atom stereocenters. The predicted molar refractivity (Wildman–Crippen MR) is 47.5 cm³/mol. The fraction of sp³-hybridized carbons (Fsp3) is 0. The lowest BCUT2D eigenvalue weighted by atomic mass is 10.2. The molecule has 0 aliphatic rings. The van der Waals surface area contributed by atoms with Gasteiger partial charge in [0.05, 0.1) is 0 Å². The Balaban J connectivity index is 3.15. The molecule has 0 saturated carbocycles. The van der Waals surface area contributed by atoms with E-state index in [2.05, 4.69) is 0 Å². The number of nitrogens with one attached hydrogen (secondary N) is 1.